The van der Waals surface area contributed by atoms with Gasteiger partial charge in [-0.05, 0) is 41.9 Å². The Labute approximate surface area is 126 Å². The van der Waals surface area contributed by atoms with Crippen LogP contribution in [0.1, 0.15) is 24.2 Å². The van der Waals surface area contributed by atoms with Gasteiger partial charge in [0.2, 0.25) is 0 Å². The molecule has 0 fully saturated rings. The number of thioether (sulfide) groups is 1. The summed E-state index contributed by atoms with van der Waals surface area (Å²) in [6, 6.07) is 8.50. The van der Waals surface area contributed by atoms with Gasteiger partial charge in [0.05, 0.1) is 22.4 Å². The van der Waals surface area contributed by atoms with Gasteiger partial charge in [0.1, 0.15) is 0 Å². The van der Waals surface area contributed by atoms with Crippen molar-refractivity contribution < 1.29 is 0 Å². The topological polar surface area (TPSA) is 43.8 Å². The minimum Gasteiger partial charge on any atom is -0.322 e. The number of hydrogen-bond donors (Lipinski definition) is 1. The zero-order valence-electron chi connectivity index (χ0n) is 11.1. The zero-order valence-corrected chi connectivity index (χ0v) is 13.5. The fourth-order valence-corrected chi connectivity index (χ4v) is 3.34. The highest BCUT2D eigenvalue weighted by Crippen LogP contribution is 2.27. The molecule has 0 amide bonds. The van der Waals surface area contributed by atoms with E-state index >= 15 is 0 Å². The Morgan fingerprint density at radius 2 is 2.05 bits per heavy atom. The number of nitrogens with two attached hydrogens (primary N) is 1. The first-order valence-corrected chi connectivity index (χ1v) is 8.06. The first kappa shape index (κ1) is 14.6. The van der Waals surface area contributed by atoms with Gasteiger partial charge in [-0.3, -0.25) is 4.68 Å². The molecule has 0 bridgehead atoms. The molecule has 2 rings (SSSR count). The highest BCUT2D eigenvalue weighted by Gasteiger charge is 2.16. The molecule has 1 atom stereocenters. The molecule has 2 aromatic rings. The van der Waals surface area contributed by atoms with Crippen LogP contribution in [0, 0.1) is 6.92 Å². The molecule has 5 heteroatoms. The van der Waals surface area contributed by atoms with E-state index in [1.807, 2.05) is 10.9 Å². The molecular formula is C14H18BrN3S. The number of halogens is 1. The van der Waals surface area contributed by atoms with Crippen LogP contribution >= 0.6 is 27.7 Å². The molecule has 1 heterocycles. The maximum absolute atomic E-state index is 6.28. The van der Waals surface area contributed by atoms with Crippen LogP contribution in [0.15, 0.2) is 39.8 Å². The largest absolute Gasteiger partial charge is 0.322 e. The number of hydrogen-bond acceptors (Lipinski definition) is 3. The lowest BCUT2D eigenvalue weighted by Crippen LogP contribution is -2.18. The maximum Gasteiger partial charge on any atom is 0.0701 e. The van der Waals surface area contributed by atoms with Crippen LogP contribution in [0.2, 0.25) is 0 Å². The molecule has 102 valence electrons. The summed E-state index contributed by atoms with van der Waals surface area (Å²) in [7, 11) is 0. The van der Waals surface area contributed by atoms with Gasteiger partial charge in [-0.2, -0.15) is 5.10 Å². The van der Waals surface area contributed by atoms with Gasteiger partial charge in [-0.1, -0.05) is 17.7 Å². The Morgan fingerprint density at radius 3 is 2.68 bits per heavy atom. The second kappa shape index (κ2) is 6.59. The number of rotatable bonds is 5. The van der Waals surface area contributed by atoms with E-state index in [1.165, 1.54) is 10.5 Å². The number of nitrogens with zero attached hydrogens (tertiary/aromatic N) is 2. The van der Waals surface area contributed by atoms with Crippen molar-refractivity contribution in [1.29, 1.82) is 0 Å². The standard InChI is InChI=1S/C14H18BrN3S/c1-3-18-14(12(15)8-17-18)13(16)9-19-11-6-4-10(2)5-7-11/h4-8,13H,3,9,16H2,1-2H3. The first-order valence-electron chi connectivity index (χ1n) is 6.28. The van der Waals surface area contributed by atoms with Crippen LogP contribution in [-0.2, 0) is 6.54 Å². The first-order chi connectivity index (χ1) is 9.11. The molecule has 3 nitrogen and oxygen atoms in total. The van der Waals surface area contributed by atoms with Gasteiger partial charge in [0, 0.05) is 17.2 Å². The van der Waals surface area contributed by atoms with Crippen LogP contribution in [0.3, 0.4) is 0 Å². The summed E-state index contributed by atoms with van der Waals surface area (Å²) < 4.78 is 2.94. The van der Waals surface area contributed by atoms with Gasteiger partial charge in [0.15, 0.2) is 0 Å². The van der Waals surface area contributed by atoms with Crippen molar-refractivity contribution in [1.82, 2.24) is 9.78 Å². The Balaban J connectivity index is 2.03. The van der Waals surface area contributed by atoms with Crippen molar-refractivity contribution >= 4 is 27.7 Å². The molecular weight excluding hydrogens is 322 g/mol. The summed E-state index contributed by atoms with van der Waals surface area (Å²) in [6.45, 7) is 5.00. The fraction of sp³-hybridized carbons (Fsp3) is 0.357. The number of aromatic nitrogens is 2. The van der Waals surface area contributed by atoms with Crippen LogP contribution in [0.25, 0.3) is 0 Å². The van der Waals surface area contributed by atoms with Crippen molar-refractivity contribution in [3.63, 3.8) is 0 Å². The van der Waals surface area contributed by atoms with Gasteiger partial charge in [-0.25, -0.2) is 0 Å². The van der Waals surface area contributed by atoms with Gasteiger partial charge < -0.3 is 5.73 Å². The molecule has 1 aromatic heterocycles. The Hall–Kier alpha value is -0.780. The van der Waals surface area contributed by atoms with Crippen molar-refractivity contribution in [2.75, 3.05) is 5.75 Å². The smallest absolute Gasteiger partial charge is 0.0701 e. The van der Waals surface area contributed by atoms with E-state index in [-0.39, 0.29) is 6.04 Å². The fourth-order valence-electron chi connectivity index (χ4n) is 1.89. The molecule has 0 saturated heterocycles. The van der Waals surface area contributed by atoms with E-state index in [1.54, 1.807) is 11.8 Å². The molecule has 0 aliphatic heterocycles. The molecule has 1 aromatic carbocycles. The van der Waals surface area contributed by atoms with E-state index in [4.69, 9.17) is 5.73 Å². The molecule has 0 spiro atoms. The predicted octanol–water partition coefficient (Wildman–Crippen LogP) is 3.77. The molecule has 19 heavy (non-hydrogen) atoms. The normalized spacial score (nSPS) is 12.6. The van der Waals surface area contributed by atoms with Gasteiger partial charge in [0.25, 0.3) is 0 Å². The third kappa shape index (κ3) is 3.61. The summed E-state index contributed by atoms with van der Waals surface area (Å²) in [5.74, 6) is 0.841. The highest BCUT2D eigenvalue weighted by atomic mass is 79.9. The Kier molecular flexibility index (Phi) is 5.07. The molecule has 0 saturated carbocycles. The van der Waals surface area contributed by atoms with Crippen LogP contribution in [-0.4, -0.2) is 15.5 Å². The van der Waals surface area contributed by atoms with Gasteiger partial charge >= 0.3 is 0 Å². The predicted molar refractivity (Wildman–Crippen MR) is 84.4 cm³/mol. The number of benzene rings is 1. The summed E-state index contributed by atoms with van der Waals surface area (Å²) in [6.07, 6.45) is 1.81. The summed E-state index contributed by atoms with van der Waals surface area (Å²) in [5.41, 5.74) is 8.63. The lowest BCUT2D eigenvalue weighted by Gasteiger charge is -2.14. The van der Waals surface area contributed by atoms with Crippen molar-refractivity contribution in [2.24, 2.45) is 5.73 Å². The number of aryl methyl sites for hydroxylation is 2. The van der Waals surface area contributed by atoms with E-state index in [9.17, 15) is 0 Å². The zero-order chi connectivity index (χ0) is 13.8. The van der Waals surface area contributed by atoms with E-state index in [0.29, 0.717) is 0 Å². The quantitative estimate of drug-likeness (QED) is 0.843. The average Bonchev–Trinajstić information content (AvgIpc) is 2.79. The highest BCUT2D eigenvalue weighted by molar-refractivity contribution is 9.10. The van der Waals surface area contributed by atoms with Crippen molar-refractivity contribution in [3.05, 3.63) is 46.2 Å². The van der Waals surface area contributed by atoms with E-state index in [0.717, 1.165) is 22.5 Å². The summed E-state index contributed by atoms with van der Waals surface area (Å²) in [5, 5.41) is 4.30. The second-order valence-electron chi connectivity index (χ2n) is 4.42. The third-order valence-corrected chi connectivity index (χ3v) is 4.68. The van der Waals surface area contributed by atoms with Crippen molar-refractivity contribution in [2.45, 2.75) is 31.3 Å². The van der Waals surface area contributed by atoms with E-state index in [2.05, 4.69) is 59.1 Å². The third-order valence-electron chi connectivity index (χ3n) is 2.93. The Morgan fingerprint density at radius 1 is 1.37 bits per heavy atom. The maximum atomic E-state index is 6.28. The second-order valence-corrected chi connectivity index (χ2v) is 6.37. The molecule has 1 unspecified atom stereocenters. The van der Waals surface area contributed by atoms with Crippen LogP contribution in [0.4, 0.5) is 0 Å². The van der Waals surface area contributed by atoms with Crippen LogP contribution in [0.5, 0.6) is 0 Å². The molecule has 0 aliphatic rings. The minimum absolute atomic E-state index is 0.0249. The van der Waals surface area contributed by atoms with E-state index < -0.39 is 0 Å². The molecule has 0 aliphatic carbocycles. The SMILES string of the molecule is CCn1ncc(Br)c1C(N)CSc1ccc(C)cc1. The average molecular weight is 340 g/mol. The summed E-state index contributed by atoms with van der Waals surface area (Å²) in [4.78, 5) is 1.25. The Bertz CT molecular complexity index is 536. The molecule has 2 N–H and O–H groups in total. The minimum atomic E-state index is -0.0249. The monoisotopic (exact) mass is 339 g/mol. The lowest BCUT2D eigenvalue weighted by atomic mass is 10.2. The van der Waals surface area contributed by atoms with Gasteiger partial charge in [-0.15, -0.1) is 11.8 Å². The van der Waals surface area contributed by atoms with Crippen LogP contribution < -0.4 is 5.73 Å². The molecule has 0 radical (unpaired) electrons. The summed E-state index contributed by atoms with van der Waals surface area (Å²) >= 11 is 5.30. The lowest BCUT2D eigenvalue weighted by molar-refractivity contribution is 0.591. The van der Waals surface area contributed by atoms with Crippen molar-refractivity contribution in [3.8, 4) is 0 Å².